The number of benzene rings is 2. The van der Waals surface area contributed by atoms with Crippen LogP contribution in [0.4, 0.5) is 0 Å². The van der Waals surface area contributed by atoms with Crippen molar-refractivity contribution in [3.63, 3.8) is 0 Å². The summed E-state index contributed by atoms with van der Waals surface area (Å²) in [5.41, 5.74) is 1.57. The van der Waals surface area contributed by atoms with Gasteiger partial charge < -0.3 is 23.8 Å². The molecule has 7 heteroatoms. The number of hydrogen-bond acceptors (Lipinski definition) is 5. The monoisotopic (exact) mass is 415 g/mol. The van der Waals surface area contributed by atoms with E-state index in [2.05, 4.69) is 0 Å². The number of fused-ring (bicyclic) bond motifs is 2. The van der Waals surface area contributed by atoms with Crippen molar-refractivity contribution in [2.24, 2.45) is 0 Å². The van der Waals surface area contributed by atoms with Gasteiger partial charge in [-0.25, -0.2) is 0 Å². The van der Waals surface area contributed by atoms with Gasteiger partial charge in [0.25, 0.3) is 5.91 Å². The Balaban J connectivity index is 1.43. The van der Waals surface area contributed by atoms with Crippen LogP contribution in [0, 0.1) is 0 Å². The molecule has 0 saturated carbocycles. The second kappa shape index (κ2) is 7.67. The number of carbonyl (C=O) groups is 1. The summed E-state index contributed by atoms with van der Waals surface area (Å²) in [5.74, 6) is 2.50. The second-order valence-corrected chi connectivity index (χ2v) is 7.80. The Hall–Kier alpha value is -2.60. The number of hydrogen-bond donors (Lipinski definition) is 0. The molecule has 1 atom stereocenters. The number of likely N-dealkylation sites (tertiary alicyclic amines) is 1. The minimum Gasteiger partial charge on any atom is -0.490 e. The SMILES string of the molecule is O=C(c1cc(Cl)c2c(c1)OCCO2)N1CCC[C@@H]1c1ccc2c(c1)OCCCO2. The first-order chi connectivity index (χ1) is 14.2. The van der Waals surface area contributed by atoms with E-state index in [4.69, 9.17) is 30.5 Å². The number of amides is 1. The van der Waals surface area contributed by atoms with Crippen molar-refractivity contribution < 1.29 is 23.7 Å². The van der Waals surface area contributed by atoms with Gasteiger partial charge in [-0.15, -0.1) is 0 Å². The highest BCUT2D eigenvalue weighted by Gasteiger charge is 2.32. The van der Waals surface area contributed by atoms with Crippen molar-refractivity contribution in [2.75, 3.05) is 33.0 Å². The Bertz CT molecular complexity index is 947. The molecule has 3 aliphatic rings. The van der Waals surface area contributed by atoms with Gasteiger partial charge in [-0.05, 0) is 42.7 Å². The van der Waals surface area contributed by atoms with Crippen molar-refractivity contribution in [3.8, 4) is 23.0 Å². The van der Waals surface area contributed by atoms with E-state index in [0.29, 0.717) is 55.1 Å². The Morgan fingerprint density at radius 2 is 1.69 bits per heavy atom. The van der Waals surface area contributed by atoms with Crippen molar-refractivity contribution in [1.82, 2.24) is 4.90 Å². The third-order valence-corrected chi connectivity index (χ3v) is 5.79. The largest absolute Gasteiger partial charge is 0.490 e. The fourth-order valence-corrected chi connectivity index (χ4v) is 4.41. The number of carbonyl (C=O) groups excluding carboxylic acids is 1. The predicted molar refractivity (Wildman–Crippen MR) is 108 cm³/mol. The fourth-order valence-electron chi connectivity index (χ4n) is 4.14. The lowest BCUT2D eigenvalue weighted by molar-refractivity contribution is 0.0734. The smallest absolute Gasteiger partial charge is 0.254 e. The summed E-state index contributed by atoms with van der Waals surface area (Å²) in [6.07, 6.45) is 2.72. The maximum absolute atomic E-state index is 13.3. The molecule has 3 heterocycles. The lowest BCUT2D eigenvalue weighted by atomic mass is 10.0. The molecule has 0 N–H and O–H groups in total. The molecular formula is C22H22ClNO5. The molecule has 0 aliphatic carbocycles. The summed E-state index contributed by atoms with van der Waals surface area (Å²) in [6.45, 7) is 2.90. The molecule has 0 spiro atoms. The van der Waals surface area contributed by atoms with Crippen LogP contribution in [0.25, 0.3) is 0 Å². The molecule has 0 aromatic heterocycles. The molecule has 0 radical (unpaired) electrons. The van der Waals surface area contributed by atoms with Crippen LogP contribution < -0.4 is 18.9 Å². The normalized spacial score (nSPS) is 20.3. The number of halogens is 1. The van der Waals surface area contributed by atoms with Gasteiger partial charge in [0.15, 0.2) is 23.0 Å². The lowest BCUT2D eigenvalue weighted by Gasteiger charge is -2.27. The third kappa shape index (κ3) is 3.46. The molecule has 2 aromatic carbocycles. The Morgan fingerprint density at radius 3 is 2.59 bits per heavy atom. The summed E-state index contributed by atoms with van der Waals surface area (Å²) in [7, 11) is 0. The second-order valence-electron chi connectivity index (χ2n) is 7.40. The van der Waals surface area contributed by atoms with E-state index in [1.54, 1.807) is 12.1 Å². The molecule has 1 fully saturated rings. The van der Waals surface area contributed by atoms with Gasteiger partial charge in [0.05, 0.1) is 24.3 Å². The maximum atomic E-state index is 13.3. The number of nitrogens with zero attached hydrogens (tertiary/aromatic N) is 1. The standard InChI is InChI=1S/C22H22ClNO5/c23-16-11-15(13-20-21(16)29-10-9-28-20)22(25)24-6-1-3-17(24)14-4-5-18-19(12-14)27-8-2-7-26-18/h4-5,11-13,17H,1-3,6-10H2/t17-/m1/s1. The van der Waals surface area contributed by atoms with Crippen LogP contribution in [0.3, 0.4) is 0 Å². The van der Waals surface area contributed by atoms with Crippen molar-refractivity contribution >= 4 is 17.5 Å². The fraction of sp³-hybridized carbons (Fsp3) is 0.409. The molecule has 29 heavy (non-hydrogen) atoms. The highest BCUT2D eigenvalue weighted by atomic mass is 35.5. The molecule has 0 unspecified atom stereocenters. The third-order valence-electron chi connectivity index (χ3n) is 5.51. The zero-order chi connectivity index (χ0) is 19.8. The summed E-state index contributed by atoms with van der Waals surface area (Å²) < 4.78 is 22.8. The zero-order valence-corrected chi connectivity index (χ0v) is 16.7. The van der Waals surface area contributed by atoms with Crippen molar-refractivity contribution in [1.29, 1.82) is 0 Å². The summed E-state index contributed by atoms with van der Waals surface area (Å²) in [4.78, 5) is 15.2. The van der Waals surface area contributed by atoms with E-state index >= 15 is 0 Å². The molecular weight excluding hydrogens is 394 g/mol. The van der Waals surface area contributed by atoms with Crippen LogP contribution in [0.2, 0.25) is 5.02 Å². The summed E-state index contributed by atoms with van der Waals surface area (Å²) in [6, 6.07) is 9.37. The molecule has 2 aromatic rings. The molecule has 1 saturated heterocycles. The van der Waals surface area contributed by atoms with Crippen LogP contribution in [0.5, 0.6) is 23.0 Å². The van der Waals surface area contributed by atoms with Gasteiger partial charge in [0, 0.05) is 18.5 Å². The van der Waals surface area contributed by atoms with Crippen molar-refractivity contribution in [2.45, 2.75) is 25.3 Å². The van der Waals surface area contributed by atoms with Crippen molar-refractivity contribution in [3.05, 3.63) is 46.5 Å². The molecule has 0 bridgehead atoms. The minimum atomic E-state index is -0.0570. The molecule has 6 nitrogen and oxygen atoms in total. The van der Waals surface area contributed by atoms with E-state index < -0.39 is 0 Å². The summed E-state index contributed by atoms with van der Waals surface area (Å²) in [5, 5.41) is 0.400. The van der Waals surface area contributed by atoms with Gasteiger partial charge in [-0.2, -0.15) is 0 Å². The first kappa shape index (κ1) is 18.4. The van der Waals surface area contributed by atoms with Gasteiger partial charge in [-0.3, -0.25) is 4.79 Å². The van der Waals surface area contributed by atoms with E-state index in [-0.39, 0.29) is 11.9 Å². The molecule has 3 aliphatic heterocycles. The summed E-state index contributed by atoms with van der Waals surface area (Å²) >= 11 is 6.34. The van der Waals surface area contributed by atoms with E-state index in [9.17, 15) is 4.79 Å². The zero-order valence-electron chi connectivity index (χ0n) is 16.0. The van der Waals surface area contributed by atoms with Gasteiger partial charge >= 0.3 is 0 Å². The van der Waals surface area contributed by atoms with Gasteiger partial charge in [0.2, 0.25) is 0 Å². The van der Waals surface area contributed by atoms with E-state index in [1.807, 2.05) is 23.1 Å². The first-order valence-electron chi connectivity index (χ1n) is 10.0. The minimum absolute atomic E-state index is 0.00775. The molecule has 152 valence electrons. The van der Waals surface area contributed by atoms with Gasteiger partial charge in [0.1, 0.15) is 13.2 Å². The molecule has 1 amide bonds. The highest BCUT2D eigenvalue weighted by molar-refractivity contribution is 6.32. The predicted octanol–water partition coefficient (Wildman–Crippen LogP) is 4.25. The van der Waals surface area contributed by atoms with Crippen LogP contribution in [-0.4, -0.2) is 43.8 Å². The van der Waals surface area contributed by atoms with E-state index in [1.165, 1.54) is 0 Å². The Kier molecular flexibility index (Phi) is 4.87. The van der Waals surface area contributed by atoms with Crippen LogP contribution in [0.15, 0.2) is 30.3 Å². The lowest BCUT2D eigenvalue weighted by Crippen LogP contribution is -2.30. The number of ether oxygens (including phenoxy) is 4. The maximum Gasteiger partial charge on any atom is 0.254 e. The Labute approximate surface area is 174 Å². The quantitative estimate of drug-likeness (QED) is 0.733. The molecule has 5 rings (SSSR count). The average Bonchev–Trinajstić information content (AvgIpc) is 3.11. The van der Waals surface area contributed by atoms with Crippen LogP contribution in [-0.2, 0) is 0 Å². The van der Waals surface area contributed by atoms with Gasteiger partial charge in [-0.1, -0.05) is 17.7 Å². The highest BCUT2D eigenvalue weighted by Crippen LogP contribution is 2.41. The first-order valence-corrected chi connectivity index (χ1v) is 10.4. The number of rotatable bonds is 2. The Morgan fingerprint density at radius 1 is 0.897 bits per heavy atom. The average molecular weight is 416 g/mol. The van der Waals surface area contributed by atoms with E-state index in [0.717, 1.165) is 36.3 Å². The topological polar surface area (TPSA) is 57.2 Å². The van der Waals surface area contributed by atoms with Crippen LogP contribution in [0.1, 0.15) is 41.2 Å². The van der Waals surface area contributed by atoms with Crippen LogP contribution >= 0.6 is 11.6 Å².